The lowest BCUT2D eigenvalue weighted by Gasteiger charge is -2.09. The van der Waals surface area contributed by atoms with Crippen molar-refractivity contribution in [2.24, 2.45) is 0 Å². The van der Waals surface area contributed by atoms with Crippen LogP contribution in [0, 0.1) is 0 Å². The van der Waals surface area contributed by atoms with Gasteiger partial charge in [0, 0.05) is 31.6 Å². The average molecular weight is 393 g/mol. The third-order valence-corrected chi connectivity index (χ3v) is 4.93. The molecule has 1 heterocycles. The molecule has 0 bridgehead atoms. The van der Waals surface area contributed by atoms with Crippen molar-refractivity contribution in [2.75, 3.05) is 13.2 Å². The maximum atomic E-state index is 5.77. The molecule has 2 aromatic carbocycles. The first-order valence-electron chi connectivity index (χ1n) is 10.6. The van der Waals surface area contributed by atoms with E-state index >= 15 is 0 Å². The van der Waals surface area contributed by atoms with Crippen LogP contribution in [0.15, 0.2) is 73.2 Å². The molecule has 0 radical (unpaired) electrons. The molecule has 0 fully saturated rings. The van der Waals surface area contributed by atoms with Gasteiger partial charge in [0.05, 0.1) is 19.5 Å². The van der Waals surface area contributed by atoms with Gasteiger partial charge in [0.15, 0.2) is 0 Å². The summed E-state index contributed by atoms with van der Waals surface area (Å²) in [5.74, 6) is 0. The number of hydrogen-bond acceptors (Lipinski definition) is 3. The minimum atomic E-state index is 0.698. The van der Waals surface area contributed by atoms with Crippen molar-refractivity contribution in [1.82, 2.24) is 9.55 Å². The van der Waals surface area contributed by atoms with Crippen molar-refractivity contribution >= 4 is 0 Å². The number of unbranched alkanes of at least 4 members (excludes halogenated alkanes) is 2. The second-order valence-electron chi connectivity index (χ2n) is 7.32. The Morgan fingerprint density at radius 1 is 0.690 bits per heavy atom. The molecule has 154 valence electrons. The van der Waals surface area contributed by atoms with Gasteiger partial charge >= 0.3 is 0 Å². The van der Waals surface area contributed by atoms with Crippen molar-refractivity contribution in [1.29, 1.82) is 0 Å². The summed E-state index contributed by atoms with van der Waals surface area (Å²) in [6, 6.07) is 20.7. The molecule has 3 rings (SSSR count). The molecule has 4 heteroatoms. The highest BCUT2D eigenvalue weighted by Gasteiger charge is 2.02. The molecule has 0 amide bonds. The number of aryl methyl sites for hydroxylation is 2. The van der Waals surface area contributed by atoms with Crippen LogP contribution >= 0.6 is 0 Å². The Morgan fingerprint density at radius 3 is 1.90 bits per heavy atom. The SMILES string of the molecule is c1ccc(COCCCCc2cncn2CCCCOCc2ccccc2)cc1. The highest BCUT2D eigenvalue weighted by atomic mass is 16.5. The number of ether oxygens (including phenoxy) is 2. The van der Waals surface area contributed by atoms with Gasteiger partial charge in [0.25, 0.3) is 0 Å². The van der Waals surface area contributed by atoms with Crippen LogP contribution in [-0.2, 0) is 35.7 Å². The van der Waals surface area contributed by atoms with Crippen molar-refractivity contribution in [2.45, 2.75) is 51.9 Å². The van der Waals surface area contributed by atoms with Crippen LogP contribution in [0.4, 0.5) is 0 Å². The van der Waals surface area contributed by atoms with Crippen LogP contribution < -0.4 is 0 Å². The van der Waals surface area contributed by atoms with E-state index in [9.17, 15) is 0 Å². The molecule has 3 aromatic rings. The summed E-state index contributed by atoms with van der Waals surface area (Å²) in [6.07, 6.45) is 9.38. The lowest BCUT2D eigenvalue weighted by Crippen LogP contribution is -2.04. The van der Waals surface area contributed by atoms with E-state index in [0.29, 0.717) is 13.2 Å². The van der Waals surface area contributed by atoms with Crippen molar-refractivity contribution in [3.8, 4) is 0 Å². The lowest BCUT2D eigenvalue weighted by molar-refractivity contribution is 0.116. The Hall–Kier alpha value is -2.43. The van der Waals surface area contributed by atoms with E-state index in [2.05, 4.69) is 58.1 Å². The minimum absolute atomic E-state index is 0.698. The van der Waals surface area contributed by atoms with Gasteiger partial charge in [-0.05, 0) is 43.2 Å². The zero-order chi connectivity index (χ0) is 20.0. The van der Waals surface area contributed by atoms with E-state index in [1.807, 2.05) is 24.7 Å². The maximum absolute atomic E-state index is 5.77. The van der Waals surface area contributed by atoms with Crippen LogP contribution in [0.1, 0.15) is 42.5 Å². The van der Waals surface area contributed by atoms with Crippen molar-refractivity contribution in [3.63, 3.8) is 0 Å². The normalized spacial score (nSPS) is 11.0. The summed E-state index contributed by atoms with van der Waals surface area (Å²) in [4.78, 5) is 4.33. The molecule has 4 nitrogen and oxygen atoms in total. The number of aromatic nitrogens is 2. The predicted molar refractivity (Wildman–Crippen MR) is 117 cm³/mol. The van der Waals surface area contributed by atoms with Gasteiger partial charge in [-0.15, -0.1) is 0 Å². The molecule has 0 aliphatic carbocycles. The molecule has 0 atom stereocenters. The van der Waals surface area contributed by atoms with E-state index in [1.165, 1.54) is 16.8 Å². The maximum Gasteiger partial charge on any atom is 0.0948 e. The molecular formula is C25H32N2O2. The van der Waals surface area contributed by atoms with Crippen LogP contribution in [-0.4, -0.2) is 22.8 Å². The van der Waals surface area contributed by atoms with Crippen molar-refractivity contribution < 1.29 is 9.47 Å². The number of rotatable bonds is 14. The number of hydrogen-bond donors (Lipinski definition) is 0. The van der Waals surface area contributed by atoms with E-state index in [4.69, 9.17) is 9.47 Å². The topological polar surface area (TPSA) is 36.3 Å². The first kappa shape index (κ1) is 21.3. The fourth-order valence-corrected chi connectivity index (χ4v) is 3.28. The summed E-state index contributed by atoms with van der Waals surface area (Å²) in [6.45, 7) is 4.02. The summed E-state index contributed by atoms with van der Waals surface area (Å²) < 4.78 is 13.8. The number of imidazole rings is 1. The summed E-state index contributed by atoms with van der Waals surface area (Å²) in [5.41, 5.74) is 3.79. The molecular weight excluding hydrogens is 360 g/mol. The van der Waals surface area contributed by atoms with Gasteiger partial charge in [0.1, 0.15) is 0 Å². The van der Waals surface area contributed by atoms with Crippen LogP contribution in [0.5, 0.6) is 0 Å². The third kappa shape index (κ3) is 8.22. The lowest BCUT2D eigenvalue weighted by atomic mass is 10.2. The Morgan fingerprint density at radius 2 is 1.28 bits per heavy atom. The molecule has 0 aliphatic rings. The Balaban J connectivity index is 1.22. The summed E-state index contributed by atoms with van der Waals surface area (Å²) in [5, 5.41) is 0. The number of nitrogens with zero attached hydrogens (tertiary/aromatic N) is 2. The molecule has 0 unspecified atom stereocenters. The monoisotopic (exact) mass is 392 g/mol. The first-order valence-corrected chi connectivity index (χ1v) is 10.6. The zero-order valence-electron chi connectivity index (χ0n) is 17.2. The Labute approximate surface area is 174 Å². The number of benzene rings is 2. The molecule has 0 saturated carbocycles. The fourth-order valence-electron chi connectivity index (χ4n) is 3.28. The highest BCUT2D eigenvalue weighted by molar-refractivity contribution is 5.14. The smallest absolute Gasteiger partial charge is 0.0948 e. The molecule has 0 saturated heterocycles. The van der Waals surface area contributed by atoms with Gasteiger partial charge in [-0.25, -0.2) is 4.98 Å². The van der Waals surface area contributed by atoms with E-state index in [0.717, 1.165) is 51.9 Å². The average Bonchev–Trinajstić information content (AvgIpc) is 3.22. The van der Waals surface area contributed by atoms with E-state index in [-0.39, 0.29) is 0 Å². The third-order valence-electron chi connectivity index (χ3n) is 4.93. The van der Waals surface area contributed by atoms with E-state index < -0.39 is 0 Å². The molecule has 1 aromatic heterocycles. The quantitative estimate of drug-likeness (QED) is 0.344. The second-order valence-corrected chi connectivity index (χ2v) is 7.32. The van der Waals surface area contributed by atoms with Crippen LogP contribution in [0.25, 0.3) is 0 Å². The van der Waals surface area contributed by atoms with Crippen LogP contribution in [0.3, 0.4) is 0 Å². The molecule has 0 spiro atoms. The minimum Gasteiger partial charge on any atom is -0.377 e. The van der Waals surface area contributed by atoms with Crippen LogP contribution in [0.2, 0.25) is 0 Å². The van der Waals surface area contributed by atoms with Gasteiger partial charge < -0.3 is 14.0 Å². The van der Waals surface area contributed by atoms with Gasteiger partial charge in [-0.1, -0.05) is 60.7 Å². The van der Waals surface area contributed by atoms with E-state index in [1.54, 1.807) is 0 Å². The molecule has 0 N–H and O–H groups in total. The Kier molecular flexibility index (Phi) is 9.48. The Bertz CT molecular complexity index is 721. The van der Waals surface area contributed by atoms with Gasteiger partial charge in [-0.2, -0.15) is 0 Å². The fraction of sp³-hybridized carbons (Fsp3) is 0.400. The highest BCUT2D eigenvalue weighted by Crippen LogP contribution is 2.09. The predicted octanol–water partition coefficient (Wildman–Crippen LogP) is 5.42. The molecule has 29 heavy (non-hydrogen) atoms. The van der Waals surface area contributed by atoms with Crippen molar-refractivity contribution in [3.05, 3.63) is 90.0 Å². The molecule has 0 aliphatic heterocycles. The second kappa shape index (κ2) is 12.9. The summed E-state index contributed by atoms with van der Waals surface area (Å²) in [7, 11) is 0. The summed E-state index contributed by atoms with van der Waals surface area (Å²) >= 11 is 0. The van der Waals surface area contributed by atoms with Gasteiger partial charge in [-0.3, -0.25) is 0 Å². The standard InChI is InChI=1S/C25H32N2O2/c1-3-11-23(12-4-1)20-28-17-9-7-15-25-19-26-22-27(25)16-8-10-18-29-21-24-13-5-2-6-14-24/h1-6,11-14,19,22H,7-10,15-18,20-21H2. The first-order chi connectivity index (χ1) is 14.4. The largest absolute Gasteiger partial charge is 0.377 e. The zero-order valence-corrected chi connectivity index (χ0v) is 17.2. The van der Waals surface area contributed by atoms with Gasteiger partial charge in [0.2, 0.25) is 0 Å².